The van der Waals surface area contributed by atoms with Crippen LogP contribution in [0.25, 0.3) is 0 Å². The first-order valence-corrected chi connectivity index (χ1v) is 4.82. The second-order valence-electron chi connectivity index (χ2n) is 4.15. The van der Waals surface area contributed by atoms with Crippen LogP contribution in [0.1, 0.15) is 29.9 Å². The van der Waals surface area contributed by atoms with Crippen molar-refractivity contribution in [2.75, 3.05) is 0 Å². The SMILES string of the molecule is Cc1noc(C)c1C1(C(=O)O)CC(O)C1. The van der Waals surface area contributed by atoms with Gasteiger partial charge in [0.1, 0.15) is 11.2 Å². The Morgan fingerprint density at radius 3 is 2.47 bits per heavy atom. The summed E-state index contributed by atoms with van der Waals surface area (Å²) < 4.78 is 4.97. The number of aliphatic hydroxyl groups is 1. The van der Waals surface area contributed by atoms with E-state index in [1.807, 2.05) is 0 Å². The summed E-state index contributed by atoms with van der Waals surface area (Å²) in [5, 5.41) is 22.3. The Bertz CT molecular complexity index is 384. The highest BCUT2D eigenvalue weighted by Crippen LogP contribution is 2.46. The maximum absolute atomic E-state index is 11.3. The maximum Gasteiger partial charge on any atom is 0.314 e. The molecule has 1 aliphatic carbocycles. The van der Waals surface area contributed by atoms with Gasteiger partial charge in [0.25, 0.3) is 0 Å². The fourth-order valence-electron chi connectivity index (χ4n) is 2.40. The number of aryl methyl sites for hydroxylation is 2. The molecule has 0 spiro atoms. The highest BCUT2D eigenvalue weighted by atomic mass is 16.5. The van der Waals surface area contributed by atoms with Gasteiger partial charge in [0.15, 0.2) is 0 Å². The van der Waals surface area contributed by atoms with Gasteiger partial charge in [0.05, 0.1) is 11.8 Å². The van der Waals surface area contributed by atoms with Crippen LogP contribution in [0.4, 0.5) is 0 Å². The lowest BCUT2D eigenvalue weighted by Gasteiger charge is -2.41. The number of carbonyl (C=O) groups is 1. The topological polar surface area (TPSA) is 83.6 Å². The molecular formula is C10H13NO4. The monoisotopic (exact) mass is 211 g/mol. The van der Waals surface area contributed by atoms with E-state index < -0.39 is 17.5 Å². The van der Waals surface area contributed by atoms with Crippen molar-refractivity contribution in [1.29, 1.82) is 0 Å². The molecule has 1 aromatic heterocycles. The third-order valence-electron chi connectivity index (χ3n) is 3.09. The molecule has 2 N–H and O–H groups in total. The largest absolute Gasteiger partial charge is 0.481 e. The van der Waals surface area contributed by atoms with Gasteiger partial charge >= 0.3 is 5.97 Å². The van der Waals surface area contributed by atoms with Crippen LogP contribution >= 0.6 is 0 Å². The highest BCUT2D eigenvalue weighted by Gasteiger charge is 2.54. The first kappa shape index (κ1) is 10.2. The third-order valence-corrected chi connectivity index (χ3v) is 3.09. The molecule has 15 heavy (non-hydrogen) atoms. The number of nitrogens with zero attached hydrogens (tertiary/aromatic N) is 1. The summed E-state index contributed by atoms with van der Waals surface area (Å²) in [6.45, 7) is 3.42. The van der Waals surface area contributed by atoms with Crippen LogP contribution in [0.15, 0.2) is 4.52 Å². The van der Waals surface area contributed by atoms with Crippen LogP contribution in [-0.2, 0) is 10.2 Å². The molecule has 0 saturated heterocycles. The molecule has 0 bridgehead atoms. The Kier molecular flexibility index (Phi) is 2.08. The molecule has 5 nitrogen and oxygen atoms in total. The molecule has 0 unspecified atom stereocenters. The zero-order valence-electron chi connectivity index (χ0n) is 8.65. The smallest absolute Gasteiger partial charge is 0.314 e. The summed E-state index contributed by atoms with van der Waals surface area (Å²) in [5.74, 6) is -0.385. The van der Waals surface area contributed by atoms with Gasteiger partial charge in [0.2, 0.25) is 0 Å². The fraction of sp³-hybridized carbons (Fsp3) is 0.600. The fourth-order valence-corrected chi connectivity index (χ4v) is 2.40. The van der Waals surface area contributed by atoms with E-state index in [1.54, 1.807) is 13.8 Å². The minimum absolute atomic E-state index is 0.241. The third kappa shape index (κ3) is 1.26. The number of rotatable bonds is 2. The van der Waals surface area contributed by atoms with Gasteiger partial charge in [-0.2, -0.15) is 0 Å². The molecule has 0 aliphatic heterocycles. The molecule has 2 rings (SSSR count). The van der Waals surface area contributed by atoms with Crippen molar-refractivity contribution in [1.82, 2.24) is 5.16 Å². The van der Waals surface area contributed by atoms with Gasteiger partial charge in [-0.25, -0.2) is 0 Å². The lowest BCUT2D eigenvalue weighted by molar-refractivity contribution is -0.153. The van der Waals surface area contributed by atoms with Crippen LogP contribution in [0, 0.1) is 13.8 Å². The average molecular weight is 211 g/mol. The number of hydrogen-bond donors (Lipinski definition) is 2. The number of aliphatic hydroxyl groups excluding tert-OH is 1. The molecule has 0 radical (unpaired) electrons. The van der Waals surface area contributed by atoms with Crippen LogP contribution < -0.4 is 0 Å². The van der Waals surface area contributed by atoms with Crippen LogP contribution in [0.3, 0.4) is 0 Å². The van der Waals surface area contributed by atoms with E-state index in [1.165, 1.54) is 0 Å². The van der Waals surface area contributed by atoms with Crippen molar-refractivity contribution in [2.24, 2.45) is 0 Å². The summed E-state index contributed by atoms with van der Waals surface area (Å²) in [7, 11) is 0. The van der Waals surface area contributed by atoms with E-state index in [0.717, 1.165) is 0 Å². The Morgan fingerprint density at radius 1 is 1.53 bits per heavy atom. The summed E-state index contributed by atoms with van der Waals surface area (Å²) in [6.07, 6.45) is -0.0500. The van der Waals surface area contributed by atoms with Crippen molar-refractivity contribution in [3.8, 4) is 0 Å². The normalized spacial score (nSPS) is 29.9. The van der Waals surface area contributed by atoms with Crippen molar-refractivity contribution >= 4 is 5.97 Å². The first-order chi connectivity index (χ1) is 6.97. The summed E-state index contributed by atoms with van der Waals surface area (Å²) >= 11 is 0. The zero-order valence-corrected chi connectivity index (χ0v) is 8.65. The lowest BCUT2D eigenvalue weighted by Crippen LogP contribution is -2.51. The van der Waals surface area contributed by atoms with Gasteiger partial charge < -0.3 is 14.7 Å². The van der Waals surface area contributed by atoms with Crippen molar-refractivity contribution < 1.29 is 19.5 Å². The summed E-state index contributed by atoms with van der Waals surface area (Å²) in [5.41, 5.74) is 0.232. The van der Waals surface area contributed by atoms with Gasteiger partial charge in [0, 0.05) is 5.56 Å². The average Bonchev–Trinajstić information content (AvgIpc) is 2.41. The van der Waals surface area contributed by atoms with E-state index in [-0.39, 0.29) is 12.8 Å². The number of carboxylic acids is 1. The van der Waals surface area contributed by atoms with Gasteiger partial charge in [-0.3, -0.25) is 4.79 Å². The van der Waals surface area contributed by atoms with Crippen molar-refractivity contribution in [3.63, 3.8) is 0 Å². The Hall–Kier alpha value is -1.36. The van der Waals surface area contributed by atoms with E-state index >= 15 is 0 Å². The standard InChI is InChI=1S/C10H13NO4/c1-5-8(6(2)15-11-5)10(9(13)14)3-7(12)4-10/h7,12H,3-4H2,1-2H3,(H,13,14). The molecule has 1 fully saturated rings. The van der Waals surface area contributed by atoms with Gasteiger partial charge in [-0.15, -0.1) is 0 Å². The quantitative estimate of drug-likeness (QED) is 0.754. The molecule has 5 heteroatoms. The predicted molar refractivity (Wildman–Crippen MR) is 50.5 cm³/mol. The van der Waals surface area contributed by atoms with Crippen molar-refractivity contribution in [2.45, 2.75) is 38.2 Å². The zero-order chi connectivity index (χ0) is 11.2. The van der Waals surface area contributed by atoms with E-state index in [2.05, 4.69) is 5.16 Å². The molecule has 1 aliphatic rings. The second-order valence-corrected chi connectivity index (χ2v) is 4.15. The van der Waals surface area contributed by atoms with Crippen molar-refractivity contribution in [3.05, 3.63) is 17.0 Å². The number of carboxylic acid groups (broad SMARTS) is 1. The number of aromatic nitrogens is 1. The summed E-state index contributed by atoms with van der Waals surface area (Å²) in [4.78, 5) is 11.3. The Labute approximate surface area is 86.7 Å². The Morgan fingerprint density at radius 2 is 2.13 bits per heavy atom. The molecular weight excluding hydrogens is 198 g/mol. The van der Waals surface area contributed by atoms with Gasteiger partial charge in [-0.1, -0.05) is 5.16 Å². The maximum atomic E-state index is 11.3. The number of hydrogen-bond acceptors (Lipinski definition) is 4. The minimum atomic E-state index is -0.992. The van der Waals surface area contributed by atoms with E-state index in [4.69, 9.17) is 4.52 Å². The van der Waals surface area contributed by atoms with E-state index in [9.17, 15) is 15.0 Å². The predicted octanol–water partition coefficient (Wildman–Crippen LogP) is 0.769. The molecule has 1 aromatic rings. The second kappa shape index (κ2) is 3.06. The molecule has 82 valence electrons. The molecule has 1 saturated carbocycles. The molecule has 0 aromatic carbocycles. The van der Waals surface area contributed by atoms with Crippen LogP contribution in [0.2, 0.25) is 0 Å². The summed E-state index contributed by atoms with van der Waals surface area (Å²) in [6, 6.07) is 0. The number of aliphatic carboxylic acids is 1. The molecule has 0 amide bonds. The first-order valence-electron chi connectivity index (χ1n) is 4.82. The van der Waals surface area contributed by atoms with E-state index in [0.29, 0.717) is 17.0 Å². The van der Waals surface area contributed by atoms with Crippen LogP contribution in [0.5, 0.6) is 0 Å². The molecule has 1 heterocycles. The Balaban J connectivity index is 2.47. The molecule has 0 atom stereocenters. The van der Waals surface area contributed by atoms with Crippen LogP contribution in [-0.4, -0.2) is 27.4 Å². The highest BCUT2D eigenvalue weighted by molar-refractivity contribution is 5.83. The minimum Gasteiger partial charge on any atom is -0.481 e. The van der Waals surface area contributed by atoms with Gasteiger partial charge in [-0.05, 0) is 26.7 Å². The lowest BCUT2D eigenvalue weighted by atomic mass is 9.62.